The van der Waals surface area contributed by atoms with Crippen molar-refractivity contribution >= 4 is 35.0 Å². The number of primary amides is 1. The third kappa shape index (κ3) is 4.56. The molecule has 0 fully saturated rings. The molecule has 0 atom stereocenters. The maximum Gasteiger partial charge on any atom is 0.221 e. The lowest BCUT2D eigenvalue weighted by molar-refractivity contribution is -0.117. The van der Waals surface area contributed by atoms with Crippen molar-refractivity contribution in [3.05, 3.63) is 35.9 Å². The van der Waals surface area contributed by atoms with Crippen LogP contribution >= 0.6 is 12.2 Å². The van der Waals surface area contributed by atoms with Crippen molar-refractivity contribution in [1.29, 1.82) is 0 Å². The number of hydrogen-bond acceptors (Lipinski definition) is 2. The summed E-state index contributed by atoms with van der Waals surface area (Å²) in [4.78, 5) is 10.5. The predicted octanol–water partition coefficient (Wildman–Crippen LogP) is 1.23. The second-order valence-corrected chi connectivity index (χ2v) is 3.62. The fourth-order valence-corrected chi connectivity index (χ4v) is 1.25. The molecule has 84 valence electrons. The predicted molar refractivity (Wildman–Crippen MR) is 69.7 cm³/mol. The minimum atomic E-state index is -0.344. The number of hydrogen-bond donors (Lipinski definition) is 3. The number of nitrogens with two attached hydrogens (primary N) is 2. The molecule has 0 spiro atoms. The van der Waals surface area contributed by atoms with E-state index in [1.54, 1.807) is 6.08 Å². The molecule has 1 amide bonds. The third-order valence-corrected chi connectivity index (χ3v) is 1.91. The van der Waals surface area contributed by atoms with Crippen LogP contribution in [0.15, 0.2) is 30.3 Å². The summed E-state index contributed by atoms with van der Waals surface area (Å²) in [6, 6.07) is 7.47. The van der Waals surface area contributed by atoms with Crippen LogP contribution in [0.25, 0.3) is 6.08 Å². The van der Waals surface area contributed by atoms with E-state index in [0.717, 1.165) is 11.3 Å². The Labute approximate surface area is 99.3 Å². The van der Waals surface area contributed by atoms with Crippen LogP contribution in [0.1, 0.15) is 12.0 Å². The molecule has 1 aromatic carbocycles. The van der Waals surface area contributed by atoms with Gasteiger partial charge in [0.05, 0.1) is 0 Å². The van der Waals surface area contributed by atoms with Crippen molar-refractivity contribution < 1.29 is 4.79 Å². The normalized spacial score (nSPS) is 10.2. The molecule has 0 aromatic heterocycles. The van der Waals surface area contributed by atoms with Gasteiger partial charge in [0.2, 0.25) is 5.91 Å². The lowest BCUT2D eigenvalue weighted by Crippen LogP contribution is -2.18. The molecule has 1 rings (SSSR count). The molecule has 5 heteroatoms. The van der Waals surface area contributed by atoms with Gasteiger partial charge in [-0.1, -0.05) is 24.3 Å². The van der Waals surface area contributed by atoms with Gasteiger partial charge in [-0.25, -0.2) is 0 Å². The highest BCUT2D eigenvalue weighted by Gasteiger charge is 1.93. The Bertz CT molecular complexity index is 412. The smallest absolute Gasteiger partial charge is 0.221 e. The van der Waals surface area contributed by atoms with Crippen molar-refractivity contribution in [3.63, 3.8) is 0 Å². The van der Waals surface area contributed by atoms with E-state index in [9.17, 15) is 4.79 Å². The highest BCUT2D eigenvalue weighted by atomic mass is 32.1. The van der Waals surface area contributed by atoms with Crippen LogP contribution in [0.2, 0.25) is 0 Å². The molecule has 0 saturated carbocycles. The number of carbonyl (C=O) groups is 1. The molecular formula is C11H13N3OS. The molecule has 1 aromatic rings. The summed E-state index contributed by atoms with van der Waals surface area (Å²) in [5.74, 6) is -0.344. The van der Waals surface area contributed by atoms with E-state index in [0.29, 0.717) is 0 Å². The highest BCUT2D eigenvalue weighted by Crippen LogP contribution is 2.10. The molecule has 0 heterocycles. The topological polar surface area (TPSA) is 81.1 Å². The van der Waals surface area contributed by atoms with E-state index < -0.39 is 0 Å². The lowest BCUT2D eigenvalue weighted by Gasteiger charge is -2.03. The Morgan fingerprint density at radius 3 is 2.44 bits per heavy atom. The zero-order valence-corrected chi connectivity index (χ0v) is 9.46. The van der Waals surface area contributed by atoms with E-state index in [-0.39, 0.29) is 17.4 Å². The van der Waals surface area contributed by atoms with Crippen LogP contribution in [0, 0.1) is 0 Å². The first-order valence-electron chi connectivity index (χ1n) is 4.69. The highest BCUT2D eigenvalue weighted by molar-refractivity contribution is 7.80. The first-order chi connectivity index (χ1) is 7.58. The SMILES string of the molecule is NC(=O)CC=Cc1ccc(NC(N)=S)cc1. The number of rotatable bonds is 4. The van der Waals surface area contributed by atoms with E-state index in [2.05, 4.69) is 5.32 Å². The van der Waals surface area contributed by atoms with Gasteiger partial charge in [-0.15, -0.1) is 0 Å². The van der Waals surface area contributed by atoms with Gasteiger partial charge in [0.25, 0.3) is 0 Å². The first-order valence-corrected chi connectivity index (χ1v) is 5.10. The molecule has 0 aliphatic carbocycles. The summed E-state index contributed by atoms with van der Waals surface area (Å²) in [6.07, 6.45) is 3.79. The molecule has 0 unspecified atom stereocenters. The third-order valence-electron chi connectivity index (χ3n) is 1.81. The Morgan fingerprint density at radius 2 is 1.94 bits per heavy atom. The zero-order chi connectivity index (χ0) is 12.0. The molecule has 4 nitrogen and oxygen atoms in total. The monoisotopic (exact) mass is 235 g/mol. The fourth-order valence-electron chi connectivity index (χ4n) is 1.13. The number of thiocarbonyl (C=S) groups is 1. The minimum Gasteiger partial charge on any atom is -0.376 e. The molecule has 0 aliphatic rings. The van der Waals surface area contributed by atoms with Crippen LogP contribution in [-0.2, 0) is 4.79 Å². The van der Waals surface area contributed by atoms with E-state index >= 15 is 0 Å². The minimum absolute atomic E-state index is 0.233. The van der Waals surface area contributed by atoms with Crippen LogP contribution < -0.4 is 16.8 Å². The molecule has 0 aliphatic heterocycles. The van der Waals surface area contributed by atoms with Crippen molar-refractivity contribution in [2.24, 2.45) is 11.5 Å². The maximum atomic E-state index is 10.5. The summed E-state index contributed by atoms with van der Waals surface area (Å²) in [5, 5.41) is 3.05. The molecular weight excluding hydrogens is 222 g/mol. The number of carbonyl (C=O) groups excluding carboxylic acids is 1. The van der Waals surface area contributed by atoms with Crippen LogP contribution in [0.5, 0.6) is 0 Å². The Kier molecular flexibility index (Phi) is 4.47. The number of anilines is 1. The van der Waals surface area contributed by atoms with Crippen LogP contribution in [0.3, 0.4) is 0 Å². The number of amides is 1. The Morgan fingerprint density at radius 1 is 1.31 bits per heavy atom. The standard InChI is InChI=1S/C11H13N3OS/c12-10(15)3-1-2-8-4-6-9(7-5-8)14-11(13)16/h1-2,4-7H,3H2,(H2,12,15)(H3,13,14,16). The van der Waals surface area contributed by atoms with Gasteiger partial charge in [-0.3, -0.25) is 4.79 Å². The summed E-state index contributed by atoms with van der Waals surface area (Å²) in [7, 11) is 0. The second-order valence-electron chi connectivity index (χ2n) is 3.18. The summed E-state index contributed by atoms with van der Waals surface area (Å²) < 4.78 is 0. The molecule has 16 heavy (non-hydrogen) atoms. The van der Waals surface area contributed by atoms with Crippen molar-refractivity contribution in [2.75, 3.05) is 5.32 Å². The van der Waals surface area contributed by atoms with Crippen LogP contribution in [-0.4, -0.2) is 11.0 Å². The first kappa shape index (κ1) is 12.2. The summed E-state index contributed by atoms with van der Waals surface area (Å²) in [6.45, 7) is 0. The molecule has 5 N–H and O–H groups in total. The van der Waals surface area contributed by atoms with E-state index in [1.165, 1.54) is 0 Å². The molecule has 0 saturated heterocycles. The van der Waals surface area contributed by atoms with Crippen molar-refractivity contribution in [2.45, 2.75) is 6.42 Å². The van der Waals surface area contributed by atoms with E-state index in [4.69, 9.17) is 23.7 Å². The van der Waals surface area contributed by atoms with Gasteiger partial charge in [0.1, 0.15) is 0 Å². The van der Waals surface area contributed by atoms with Gasteiger partial charge in [-0.05, 0) is 29.9 Å². The summed E-state index contributed by atoms with van der Waals surface area (Å²) >= 11 is 4.71. The quantitative estimate of drug-likeness (QED) is 0.686. The van der Waals surface area contributed by atoms with Crippen LogP contribution in [0.4, 0.5) is 5.69 Å². The van der Waals surface area contributed by atoms with Gasteiger partial charge in [0, 0.05) is 12.1 Å². The number of benzene rings is 1. The second kappa shape index (κ2) is 5.87. The van der Waals surface area contributed by atoms with Gasteiger partial charge in [-0.2, -0.15) is 0 Å². The molecule has 0 radical (unpaired) electrons. The molecule has 0 bridgehead atoms. The van der Waals surface area contributed by atoms with Crippen molar-refractivity contribution in [1.82, 2.24) is 0 Å². The number of nitrogens with one attached hydrogen (secondary N) is 1. The zero-order valence-electron chi connectivity index (χ0n) is 8.64. The Balaban J connectivity index is 2.60. The maximum absolute atomic E-state index is 10.5. The Hall–Kier alpha value is -1.88. The lowest BCUT2D eigenvalue weighted by atomic mass is 10.2. The fraction of sp³-hybridized carbons (Fsp3) is 0.0909. The average Bonchev–Trinajstić information content (AvgIpc) is 2.19. The average molecular weight is 235 g/mol. The largest absolute Gasteiger partial charge is 0.376 e. The van der Waals surface area contributed by atoms with Gasteiger partial charge < -0.3 is 16.8 Å². The van der Waals surface area contributed by atoms with E-state index in [1.807, 2.05) is 30.3 Å². The van der Waals surface area contributed by atoms with Crippen molar-refractivity contribution in [3.8, 4) is 0 Å². The summed E-state index contributed by atoms with van der Waals surface area (Å²) in [5.41, 5.74) is 12.2. The van der Waals surface area contributed by atoms with Gasteiger partial charge >= 0.3 is 0 Å². The van der Waals surface area contributed by atoms with Gasteiger partial charge in [0.15, 0.2) is 5.11 Å².